The Morgan fingerprint density at radius 3 is 2.48 bits per heavy atom. The van der Waals surface area contributed by atoms with Crippen molar-refractivity contribution in [1.29, 1.82) is 0 Å². The van der Waals surface area contributed by atoms with Crippen LogP contribution in [0.5, 0.6) is 5.75 Å². The van der Waals surface area contributed by atoms with Gasteiger partial charge >= 0.3 is 0 Å². The summed E-state index contributed by atoms with van der Waals surface area (Å²) in [5.74, 6) is 0.763. The van der Waals surface area contributed by atoms with E-state index in [1.165, 1.54) is 9.80 Å². The minimum atomic E-state index is -0.155. The molecule has 166 valence electrons. The molecule has 1 saturated heterocycles. The fraction of sp³-hybridized carbons (Fsp3) is 0.417. The van der Waals surface area contributed by atoms with Gasteiger partial charge in [0.1, 0.15) is 31.9 Å². The summed E-state index contributed by atoms with van der Waals surface area (Å²) in [6.07, 6.45) is 0.890. The Morgan fingerprint density at radius 1 is 1.03 bits per heavy atom. The molecule has 0 unspecified atom stereocenters. The van der Waals surface area contributed by atoms with E-state index in [-0.39, 0.29) is 17.9 Å². The van der Waals surface area contributed by atoms with Gasteiger partial charge < -0.3 is 25.2 Å². The zero-order valence-electron chi connectivity index (χ0n) is 18.7. The molecule has 1 fully saturated rings. The fourth-order valence-electron chi connectivity index (χ4n) is 4.04. The quantitative estimate of drug-likeness (QED) is 0.480. The smallest absolute Gasteiger partial charge is 0.282 e. The van der Waals surface area contributed by atoms with Crippen molar-refractivity contribution in [3.8, 4) is 5.75 Å². The third kappa shape index (κ3) is 6.29. The summed E-state index contributed by atoms with van der Waals surface area (Å²) in [6, 6.07) is 15.2. The van der Waals surface area contributed by atoms with E-state index in [4.69, 9.17) is 4.74 Å². The van der Waals surface area contributed by atoms with Gasteiger partial charge in [-0.1, -0.05) is 31.2 Å². The predicted octanol–water partition coefficient (Wildman–Crippen LogP) is 0.00670. The molecule has 3 rings (SSSR count). The number of ether oxygens (including phenoxy) is 1. The number of benzene rings is 2. The highest BCUT2D eigenvalue weighted by atomic mass is 16.5. The molecule has 1 atom stereocenters. The highest BCUT2D eigenvalue weighted by molar-refractivity contribution is 5.94. The van der Waals surface area contributed by atoms with E-state index >= 15 is 0 Å². The Balaban J connectivity index is 1.46. The number of quaternary nitrogens is 2. The Labute approximate surface area is 184 Å². The van der Waals surface area contributed by atoms with Crippen molar-refractivity contribution in [3.05, 3.63) is 54.1 Å². The number of aryl methyl sites for hydroxylation is 1. The highest BCUT2D eigenvalue weighted by Crippen LogP contribution is 2.17. The van der Waals surface area contributed by atoms with Crippen LogP contribution in [0.2, 0.25) is 0 Å². The maximum atomic E-state index is 12.7. The Bertz CT molecular complexity index is 894. The monoisotopic (exact) mass is 426 g/mol. The average molecular weight is 427 g/mol. The molecule has 2 aromatic carbocycles. The first kappa shape index (κ1) is 22.8. The maximum absolute atomic E-state index is 12.7. The summed E-state index contributed by atoms with van der Waals surface area (Å²) < 4.78 is 5.22. The standard InChI is InChI=1S/C24H32N4O3/c1-4-19-8-5-6-11-22(19)26-23(29)17-27-12-14-28(15-13-27)18(2)24(30)25-20-9-7-10-21(16-20)31-3/h5-11,16,18H,4,12-15,17H2,1-3H3,(H,25,30)(H,26,29)/p+2/t18-/m0/s1. The van der Waals surface area contributed by atoms with Gasteiger partial charge in [-0.3, -0.25) is 9.59 Å². The SMILES string of the molecule is CCc1ccccc1NC(=O)C[NH+]1CC[NH+]([C@@H](C)C(=O)Nc2cccc(OC)c2)CC1. The lowest BCUT2D eigenvalue weighted by Crippen LogP contribution is -3.30. The molecule has 1 aliphatic rings. The first-order valence-corrected chi connectivity index (χ1v) is 11.0. The van der Waals surface area contributed by atoms with Gasteiger partial charge in [-0.25, -0.2) is 0 Å². The number of hydrogen-bond donors (Lipinski definition) is 4. The Hall–Kier alpha value is -2.90. The first-order chi connectivity index (χ1) is 15.0. The molecule has 0 spiro atoms. The molecule has 0 aromatic heterocycles. The van der Waals surface area contributed by atoms with E-state index in [1.54, 1.807) is 7.11 Å². The van der Waals surface area contributed by atoms with Gasteiger partial charge in [0, 0.05) is 17.4 Å². The number of nitrogens with one attached hydrogen (secondary N) is 4. The zero-order valence-corrected chi connectivity index (χ0v) is 18.7. The number of carbonyl (C=O) groups is 2. The van der Waals surface area contributed by atoms with Gasteiger partial charge in [0.25, 0.3) is 11.8 Å². The minimum absolute atomic E-state index is 0.000573. The van der Waals surface area contributed by atoms with Crippen molar-refractivity contribution in [2.45, 2.75) is 26.3 Å². The lowest BCUT2D eigenvalue weighted by Gasteiger charge is -2.32. The van der Waals surface area contributed by atoms with Crippen LogP contribution < -0.4 is 25.2 Å². The van der Waals surface area contributed by atoms with Crippen LogP contribution in [0.25, 0.3) is 0 Å². The molecule has 2 amide bonds. The van der Waals surface area contributed by atoms with Crippen LogP contribution in [0.3, 0.4) is 0 Å². The van der Waals surface area contributed by atoms with E-state index in [1.807, 2.05) is 55.5 Å². The predicted molar refractivity (Wildman–Crippen MR) is 122 cm³/mol. The van der Waals surface area contributed by atoms with Crippen molar-refractivity contribution in [2.24, 2.45) is 0 Å². The molecular formula is C24H34N4O3+2. The summed E-state index contributed by atoms with van der Waals surface area (Å²) in [4.78, 5) is 27.7. The zero-order chi connectivity index (χ0) is 22.2. The highest BCUT2D eigenvalue weighted by Gasteiger charge is 2.31. The molecule has 1 heterocycles. The van der Waals surface area contributed by atoms with Gasteiger partial charge in [-0.15, -0.1) is 0 Å². The van der Waals surface area contributed by atoms with E-state index in [9.17, 15) is 9.59 Å². The lowest BCUT2D eigenvalue weighted by molar-refractivity contribution is -1.01. The molecule has 0 saturated carbocycles. The first-order valence-electron chi connectivity index (χ1n) is 11.0. The third-order valence-corrected chi connectivity index (χ3v) is 6.03. The molecule has 0 radical (unpaired) electrons. The molecule has 1 aliphatic heterocycles. The largest absolute Gasteiger partial charge is 0.497 e. The molecule has 7 nitrogen and oxygen atoms in total. The van der Waals surface area contributed by atoms with Crippen LogP contribution in [0, 0.1) is 0 Å². The molecule has 2 aromatic rings. The van der Waals surface area contributed by atoms with E-state index in [2.05, 4.69) is 17.6 Å². The average Bonchev–Trinajstić information content (AvgIpc) is 2.79. The van der Waals surface area contributed by atoms with Crippen LogP contribution in [0.1, 0.15) is 19.4 Å². The van der Waals surface area contributed by atoms with Gasteiger partial charge in [0.2, 0.25) is 0 Å². The van der Waals surface area contributed by atoms with E-state index in [0.717, 1.165) is 55.3 Å². The summed E-state index contributed by atoms with van der Waals surface area (Å²) in [5.41, 5.74) is 2.79. The van der Waals surface area contributed by atoms with E-state index < -0.39 is 0 Å². The van der Waals surface area contributed by atoms with Crippen molar-refractivity contribution in [3.63, 3.8) is 0 Å². The topological polar surface area (TPSA) is 76.3 Å². The van der Waals surface area contributed by atoms with Crippen molar-refractivity contribution < 1.29 is 24.1 Å². The molecule has 7 heteroatoms. The van der Waals surface area contributed by atoms with Crippen LogP contribution in [-0.4, -0.2) is 57.7 Å². The number of anilines is 2. The lowest BCUT2D eigenvalue weighted by atomic mass is 10.1. The van der Waals surface area contributed by atoms with Crippen LogP contribution in [0.4, 0.5) is 11.4 Å². The van der Waals surface area contributed by atoms with Crippen molar-refractivity contribution in [1.82, 2.24) is 0 Å². The number of methoxy groups -OCH3 is 1. The number of amides is 2. The summed E-state index contributed by atoms with van der Waals surface area (Å²) in [7, 11) is 1.61. The molecule has 31 heavy (non-hydrogen) atoms. The summed E-state index contributed by atoms with van der Waals surface area (Å²) >= 11 is 0. The molecule has 4 N–H and O–H groups in total. The van der Waals surface area contributed by atoms with Gasteiger partial charge in [-0.05, 0) is 37.1 Å². The number of para-hydroxylation sites is 1. The minimum Gasteiger partial charge on any atom is -0.497 e. The molecular weight excluding hydrogens is 392 g/mol. The second-order valence-electron chi connectivity index (χ2n) is 8.09. The normalized spacial score (nSPS) is 19.3. The van der Waals surface area contributed by atoms with E-state index in [0.29, 0.717) is 6.54 Å². The van der Waals surface area contributed by atoms with Gasteiger partial charge in [0.05, 0.1) is 7.11 Å². The summed E-state index contributed by atoms with van der Waals surface area (Å²) in [5, 5.41) is 6.04. The summed E-state index contributed by atoms with van der Waals surface area (Å²) in [6.45, 7) is 7.97. The number of hydrogen-bond acceptors (Lipinski definition) is 3. The molecule has 0 bridgehead atoms. The van der Waals surface area contributed by atoms with Crippen LogP contribution in [-0.2, 0) is 16.0 Å². The van der Waals surface area contributed by atoms with Crippen molar-refractivity contribution >= 4 is 23.2 Å². The van der Waals surface area contributed by atoms with Crippen LogP contribution in [0.15, 0.2) is 48.5 Å². The fourth-order valence-corrected chi connectivity index (χ4v) is 4.04. The molecule has 0 aliphatic carbocycles. The van der Waals surface area contributed by atoms with Crippen molar-refractivity contribution in [2.75, 3.05) is 50.5 Å². The Morgan fingerprint density at radius 2 is 1.77 bits per heavy atom. The third-order valence-electron chi connectivity index (χ3n) is 6.03. The second-order valence-corrected chi connectivity index (χ2v) is 8.09. The van der Waals surface area contributed by atoms with Gasteiger partial charge in [0.15, 0.2) is 12.6 Å². The number of piperazine rings is 1. The Kier molecular flexibility index (Phi) is 8.03. The maximum Gasteiger partial charge on any atom is 0.282 e. The number of carbonyl (C=O) groups excluding carboxylic acids is 2. The second kappa shape index (κ2) is 10.9. The number of rotatable bonds is 8. The van der Waals surface area contributed by atoms with Crippen LogP contribution >= 0.6 is 0 Å². The van der Waals surface area contributed by atoms with Gasteiger partial charge in [-0.2, -0.15) is 0 Å².